The van der Waals surface area contributed by atoms with Gasteiger partial charge in [0.2, 0.25) is 0 Å². The minimum absolute atomic E-state index is 0.0658. The van der Waals surface area contributed by atoms with Crippen molar-refractivity contribution in [3.8, 4) is 0 Å². The van der Waals surface area contributed by atoms with Gasteiger partial charge in [0.25, 0.3) is 0 Å². The molecule has 0 aliphatic rings. The molecule has 0 spiro atoms. The molecule has 0 saturated carbocycles. The van der Waals surface area contributed by atoms with Crippen LogP contribution in [0.15, 0.2) is 6.33 Å². The normalized spacial score (nSPS) is 14.6. The molecule has 1 aromatic rings. The Morgan fingerprint density at radius 2 is 2.00 bits per heavy atom. The average Bonchev–Trinajstić information content (AvgIpc) is 2.76. The first-order valence-electron chi connectivity index (χ1n) is 7.08. The van der Waals surface area contributed by atoms with Crippen molar-refractivity contribution < 1.29 is 4.79 Å². The van der Waals surface area contributed by atoms with Gasteiger partial charge in [-0.2, -0.15) is 5.10 Å². The minimum atomic E-state index is 0.0658. The van der Waals surface area contributed by atoms with E-state index in [9.17, 15) is 4.79 Å². The molecule has 1 aromatic heterocycles. The van der Waals surface area contributed by atoms with Crippen LogP contribution in [0.1, 0.15) is 58.8 Å². The van der Waals surface area contributed by atoms with Gasteiger partial charge >= 0.3 is 0 Å². The summed E-state index contributed by atoms with van der Waals surface area (Å²) in [5.74, 6) is 1.06. The standard InChI is InChI=1S/C14H26N4O/c1-10(2)18-14(16-9-17-18)8-13(19)11(3)6-5-7-12(4)15/h9-12H,5-8,15H2,1-4H3. The summed E-state index contributed by atoms with van der Waals surface area (Å²) in [7, 11) is 0. The first kappa shape index (κ1) is 15.8. The van der Waals surface area contributed by atoms with Crippen LogP contribution < -0.4 is 5.73 Å². The van der Waals surface area contributed by atoms with Gasteiger partial charge in [-0.15, -0.1) is 0 Å². The maximum Gasteiger partial charge on any atom is 0.143 e. The van der Waals surface area contributed by atoms with E-state index in [-0.39, 0.29) is 23.8 Å². The molecule has 0 amide bonds. The summed E-state index contributed by atoms with van der Waals surface area (Å²) in [5.41, 5.74) is 5.71. The fraction of sp³-hybridized carbons (Fsp3) is 0.786. The molecule has 0 bridgehead atoms. The summed E-state index contributed by atoms with van der Waals surface area (Å²) in [5, 5.41) is 4.15. The Labute approximate surface area is 115 Å². The molecule has 19 heavy (non-hydrogen) atoms. The number of hydrogen-bond acceptors (Lipinski definition) is 4. The maximum atomic E-state index is 12.1. The largest absolute Gasteiger partial charge is 0.328 e. The maximum absolute atomic E-state index is 12.1. The number of hydrogen-bond donors (Lipinski definition) is 1. The zero-order valence-electron chi connectivity index (χ0n) is 12.5. The van der Waals surface area contributed by atoms with Gasteiger partial charge in [-0.05, 0) is 33.6 Å². The predicted octanol–water partition coefficient (Wildman–Crippen LogP) is 2.12. The molecule has 0 aliphatic carbocycles. The number of Topliss-reactive ketones (excluding diaryl/α,β-unsaturated/α-hetero) is 1. The molecule has 2 atom stereocenters. The Balaban J connectivity index is 2.47. The number of ketones is 1. The predicted molar refractivity (Wildman–Crippen MR) is 75.8 cm³/mol. The fourth-order valence-electron chi connectivity index (χ4n) is 2.07. The summed E-state index contributed by atoms with van der Waals surface area (Å²) < 4.78 is 1.81. The van der Waals surface area contributed by atoms with Crippen LogP contribution in [0.4, 0.5) is 0 Å². The van der Waals surface area contributed by atoms with Crippen LogP contribution in [0.3, 0.4) is 0 Å². The number of carbonyl (C=O) groups is 1. The molecular weight excluding hydrogens is 240 g/mol. The Bertz CT molecular complexity index is 398. The highest BCUT2D eigenvalue weighted by molar-refractivity contribution is 5.82. The second-order valence-electron chi connectivity index (χ2n) is 5.67. The summed E-state index contributed by atoms with van der Waals surface area (Å²) in [6, 6.07) is 0.449. The third kappa shape index (κ3) is 5.11. The molecule has 2 N–H and O–H groups in total. The van der Waals surface area contributed by atoms with Crippen molar-refractivity contribution in [2.24, 2.45) is 11.7 Å². The molecule has 0 aromatic carbocycles. The van der Waals surface area contributed by atoms with Crippen LogP contribution in [0, 0.1) is 5.92 Å². The summed E-state index contributed by atoms with van der Waals surface area (Å²) >= 11 is 0. The van der Waals surface area contributed by atoms with Gasteiger partial charge in [0.1, 0.15) is 17.9 Å². The first-order valence-corrected chi connectivity index (χ1v) is 7.08. The van der Waals surface area contributed by atoms with E-state index in [0.717, 1.165) is 25.1 Å². The lowest BCUT2D eigenvalue weighted by Gasteiger charge is -2.13. The molecule has 2 unspecified atom stereocenters. The van der Waals surface area contributed by atoms with Crippen molar-refractivity contribution in [3.05, 3.63) is 12.2 Å². The highest BCUT2D eigenvalue weighted by Gasteiger charge is 2.17. The molecule has 0 fully saturated rings. The Kier molecular flexibility index (Phi) is 6.15. The van der Waals surface area contributed by atoms with Crippen molar-refractivity contribution in [2.75, 3.05) is 0 Å². The van der Waals surface area contributed by atoms with Crippen molar-refractivity contribution in [2.45, 2.75) is 65.5 Å². The van der Waals surface area contributed by atoms with E-state index in [1.165, 1.54) is 6.33 Å². The van der Waals surface area contributed by atoms with E-state index in [2.05, 4.69) is 10.1 Å². The summed E-state index contributed by atoms with van der Waals surface area (Å²) in [6.45, 7) is 8.06. The van der Waals surface area contributed by atoms with Gasteiger partial charge in [-0.3, -0.25) is 4.79 Å². The number of carbonyl (C=O) groups excluding carboxylic acids is 1. The van der Waals surface area contributed by atoms with Crippen molar-refractivity contribution >= 4 is 5.78 Å². The third-order valence-corrected chi connectivity index (χ3v) is 3.31. The molecule has 1 heterocycles. The summed E-state index contributed by atoms with van der Waals surface area (Å²) in [6.07, 6.45) is 4.76. The van der Waals surface area contributed by atoms with Crippen LogP contribution in [-0.4, -0.2) is 26.6 Å². The molecule has 108 valence electrons. The van der Waals surface area contributed by atoms with Crippen LogP contribution in [0.25, 0.3) is 0 Å². The topological polar surface area (TPSA) is 73.8 Å². The SMILES string of the molecule is CC(N)CCCC(C)C(=O)Cc1ncnn1C(C)C. The van der Waals surface area contributed by atoms with E-state index in [0.29, 0.717) is 6.42 Å². The van der Waals surface area contributed by atoms with Crippen LogP contribution >= 0.6 is 0 Å². The molecule has 1 rings (SSSR count). The lowest BCUT2D eigenvalue weighted by molar-refractivity contribution is -0.122. The van der Waals surface area contributed by atoms with E-state index in [1.807, 2.05) is 32.4 Å². The number of rotatable bonds is 8. The van der Waals surface area contributed by atoms with Gasteiger partial charge in [0.15, 0.2) is 0 Å². The second kappa shape index (κ2) is 7.38. The highest BCUT2D eigenvalue weighted by atomic mass is 16.1. The third-order valence-electron chi connectivity index (χ3n) is 3.31. The van der Waals surface area contributed by atoms with Crippen LogP contribution in [0.2, 0.25) is 0 Å². The van der Waals surface area contributed by atoms with Crippen LogP contribution in [0.5, 0.6) is 0 Å². The van der Waals surface area contributed by atoms with Gasteiger partial charge < -0.3 is 5.73 Å². The molecule has 0 aliphatic heterocycles. The Hall–Kier alpha value is -1.23. The number of aromatic nitrogens is 3. The van der Waals surface area contributed by atoms with Crippen molar-refractivity contribution in [3.63, 3.8) is 0 Å². The van der Waals surface area contributed by atoms with Crippen LogP contribution in [-0.2, 0) is 11.2 Å². The molecular formula is C14H26N4O. The highest BCUT2D eigenvalue weighted by Crippen LogP contribution is 2.14. The molecule has 5 heteroatoms. The van der Waals surface area contributed by atoms with Gasteiger partial charge in [0.05, 0.1) is 6.42 Å². The van der Waals surface area contributed by atoms with Crippen molar-refractivity contribution in [1.29, 1.82) is 0 Å². The average molecular weight is 266 g/mol. The molecule has 0 saturated heterocycles. The van der Waals surface area contributed by atoms with Gasteiger partial charge in [-0.1, -0.05) is 13.3 Å². The number of nitrogens with two attached hydrogens (primary N) is 1. The Morgan fingerprint density at radius 1 is 1.32 bits per heavy atom. The van der Waals surface area contributed by atoms with Gasteiger partial charge in [0, 0.05) is 18.0 Å². The smallest absolute Gasteiger partial charge is 0.143 e. The van der Waals surface area contributed by atoms with Gasteiger partial charge in [-0.25, -0.2) is 9.67 Å². The number of nitrogens with zero attached hydrogens (tertiary/aromatic N) is 3. The zero-order chi connectivity index (χ0) is 14.4. The molecule has 0 radical (unpaired) electrons. The van der Waals surface area contributed by atoms with E-state index in [1.54, 1.807) is 0 Å². The fourth-order valence-corrected chi connectivity index (χ4v) is 2.07. The quantitative estimate of drug-likeness (QED) is 0.782. The van der Waals surface area contributed by atoms with E-state index in [4.69, 9.17) is 5.73 Å². The van der Waals surface area contributed by atoms with E-state index < -0.39 is 0 Å². The van der Waals surface area contributed by atoms with E-state index >= 15 is 0 Å². The lowest BCUT2D eigenvalue weighted by atomic mass is 9.96. The zero-order valence-corrected chi connectivity index (χ0v) is 12.5. The Morgan fingerprint density at radius 3 is 2.58 bits per heavy atom. The monoisotopic (exact) mass is 266 g/mol. The minimum Gasteiger partial charge on any atom is -0.328 e. The lowest BCUT2D eigenvalue weighted by Crippen LogP contribution is -2.19. The summed E-state index contributed by atoms with van der Waals surface area (Å²) in [4.78, 5) is 16.3. The van der Waals surface area contributed by atoms with Crippen molar-refractivity contribution in [1.82, 2.24) is 14.8 Å². The second-order valence-corrected chi connectivity index (χ2v) is 5.67. The molecule has 5 nitrogen and oxygen atoms in total. The first-order chi connectivity index (χ1) is 8.91.